The first kappa shape index (κ1) is 6.54. The molecule has 2 rings (SSSR count). The van der Waals surface area contributed by atoms with Crippen molar-refractivity contribution in [1.29, 1.82) is 0 Å². The lowest BCUT2D eigenvalue weighted by atomic mass is 10.0. The molecule has 0 aromatic carbocycles. The lowest BCUT2D eigenvalue weighted by molar-refractivity contribution is 0.109. The summed E-state index contributed by atoms with van der Waals surface area (Å²) in [6.07, 6.45) is 2.13. The summed E-state index contributed by atoms with van der Waals surface area (Å²) in [7, 11) is 0. The second-order valence-corrected chi connectivity index (χ2v) is 2.57. The Labute approximate surface area is 63.6 Å². The van der Waals surface area contributed by atoms with Gasteiger partial charge in [0.15, 0.2) is 12.0 Å². The normalized spacial score (nSPS) is 17.8. The molecule has 0 spiro atoms. The Morgan fingerprint density at radius 1 is 1.73 bits per heavy atom. The third-order valence-corrected chi connectivity index (χ3v) is 1.79. The zero-order valence-electron chi connectivity index (χ0n) is 5.91. The van der Waals surface area contributed by atoms with Crippen LogP contribution in [-0.2, 0) is 0 Å². The molecule has 1 aromatic heterocycles. The summed E-state index contributed by atoms with van der Waals surface area (Å²) in [4.78, 5) is 14.2. The molecule has 1 N–H and O–H groups in total. The molecule has 0 atom stereocenters. The third-order valence-electron chi connectivity index (χ3n) is 1.79. The van der Waals surface area contributed by atoms with Crippen LogP contribution >= 0.6 is 0 Å². The van der Waals surface area contributed by atoms with Gasteiger partial charge in [-0.1, -0.05) is 0 Å². The van der Waals surface area contributed by atoms with Gasteiger partial charge in [-0.3, -0.25) is 4.79 Å². The average molecular weight is 152 g/mol. The van der Waals surface area contributed by atoms with Crippen LogP contribution in [0.2, 0.25) is 0 Å². The predicted octanol–water partition coefficient (Wildman–Crippen LogP) is 0.174. The maximum Gasteiger partial charge on any atom is 0.200 e. The molecule has 58 valence electrons. The van der Waals surface area contributed by atoms with Crippen LogP contribution < -0.4 is 5.32 Å². The highest BCUT2D eigenvalue weighted by molar-refractivity contribution is 5.69. The summed E-state index contributed by atoms with van der Waals surface area (Å²) in [6, 6.07) is 0. The van der Waals surface area contributed by atoms with Crippen LogP contribution in [0, 0.1) is 0 Å². The fourth-order valence-electron chi connectivity index (χ4n) is 1.01. The Kier molecular flexibility index (Phi) is 1.47. The molecule has 4 heteroatoms. The standard InChI is InChI=1S/C7H8N2O2/c10-4-6-3-9-7(11-6)5-1-8-2-5/h3-5,8H,1-2H2. The van der Waals surface area contributed by atoms with Gasteiger partial charge in [0, 0.05) is 13.1 Å². The molecular weight excluding hydrogens is 144 g/mol. The van der Waals surface area contributed by atoms with E-state index in [9.17, 15) is 4.79 Å². The van der Waals surface area contributed by atoms with Gasteiger partial charge in [0.2, 0.25) is 5.89 Å². The first-order chi connectivity index (χ1) is 5.40. The summed E-state index contributed by atoms with van der Waals surface area (Å²) in [5, 5.41) is 3.10. The van der Waals surface area contributed by atoms with Gasteiger partial charge in [-0.2, -0.15) is 0 Å². The molecule has 1 aromatic rings. The van der Waals surface area contributed by atoms with Crippen LogP contribution in [0.1, 0.15) is 22.4 Å². The molecule has 1 fully saturated rings. The van der Waals surface area contributed by atoms with Gasteiger partial charge < -0.3 is 9.73 Å². The number of hydrogen-bond donors (Lipinski definition) is 1. The van der Waals surface area contributed by atoms with Gasteiger partial charge >= 0.3 is 0 Å². The van der Waals surface area contributed by atoms with Crippen LogP contribution in [-0.4, -0.2) is 24.4 Å². The largest absolute Gasteiger partial charge is 0.438 e. The van der Waals surface area contributed by atoms with E-state index in [-0.39, 0.29) is 0 Å². The number of aldehydes is 1. The summed E-state index contributed by atoms with van der Waals surface area (Å²) in [5.41, 5.74) is 0. The second kappa shape index (κ2) is 2.47. The van der Waals surface area contributed by atoms with E-state index < -0.39 is 0 Å². The van der Waals surface area contributed by atoms with Crippen molar-refractivity contribution in [1.82, 2.24) is 10.3 Å². The lowest BCUT2D eigenvalue weighted by Crippen LogP contribution is -2.40. The van der Waals surface area contributed by atoms with Crippen molar-refractivity contribution in [2.75, 3.05) is 13.1 Å². The van der Waals surface area contributed by atoms with Crippen molar-refractivity contribution >= 4 is 6.29 Å². The topological polar surface area (TPSA) is 55.1 Å². The molecule has 11 heavy (non-hydrogen) atoms. The van der Waals surface area contributed by atoms with Crippen molar-refractivity contribution < 1.29 is 9.21 Å². The van der Waals surface area contributed by atoms with E-state index in [1.807, 2.05) is 0 Å². The summed E-state index contributed by atoms with van der Waals surface area (Å²) in [6.45, 7) is 1.80. The highest BCUT2D eigenvalue weighted by atomic mass is 16.4. The lowest BCUT2D eigenvalue weighted by Gasteiger charge is -2.23. The zero-order chi connectivity index (χ0) is 7.68. The summed E-state index contributed by atoms with van der Waals surface area (Å²) in [5.74, 6) is 1.35. The number of carbonyl (C=O) groups is 1. The maximum absolute atomic E-state index is 10.2. The SMILES string of the molecule is O=Cc1cnc(C2CNC2)o1. The van der Waals surface area contributed by atoms with Crippen LogP contribution in [0.15, 0.2) is 10.6 Å². The molecule has 0 saturated carbocycles. The molecule has 0 bridgehead atoms. The minimum Gasteiger partial charge on any atom is -0.438 e. The molecule has 0 unspecified atom stereocenters. The Bertz CT molecular complexity index is 265. The Balaban J connectivity index is 2.17. The van der Waals surface area contributed by atoms with E-state index in [0.717, 1.165) is 13.1 Å². The van der Waals surface area contributed by atoms with E-state index in [0.29, 0.717) is 23.9 Å². The molecule has 0 amide bonds. The van der Waals surface area contributed by atoms with Crippen molar-refractivity contribution in [3.63, 3.8) is 0 Å². The van der Waals surface area contributed by atoms with Gasteiger partial charge in [0.25, 0.3) is 0 Å². The van der Waals surface area contributed by atoms with E-state index in [1.54, 1.807) is 0 Å². The van der Waals surface area contributed by atoms with Crippen LogP contribution in [0.25, 0.3) is 0 Å². The number of oxazole rings is 1. The average Bonchev–Trinajstić information content (AvgIpc) is 2.32. The summed E-state index contributed by atoms with van der Waals surface area (Å²) < 4.78 is 5.12. The van der Waals surface area contributed by atoms with Crippen LogP contribution in [0.3, 0.4) is 0 Å². The minimum absolute atomic E-state index is 0.312. The Hall–Kier alpha value is -1.16. The second-order valence-electron chi connectivity index (χ2n) is 2.57. The molecule has 0 aliphatic carbocycles. The molecular formula is C7H8N2O2. The van der Waals surface area contributed by atoms with Gasteiger partial charge in [0.05, 0.1) is 12.1 Å². The van der Waals surface area contributed by atoms with Gasteiger partial charge in [-0.15, -0.1) is 0 Å². The van der Waals surface area contributed by atoms with E-state index in [2.05, 4.69) is 10.3 Å². The molecule has 0 radical (unpaired) electrons. The number of carbonyl (C=O) groups excluding carboxylic acids is 1. The van der Waals surface area contributed by atoms with E-state index in [1.165, 1.54) is 6.20 Å². The molecule has 1 saturated heterocycles. The van der Waals surface area contributed by atoms with Crippen molar-refractivity contribution in [2.24, 2.45) is 0 Å². The minimum atomic E-state index is 0.312. The number of nitrogens with zero attached hydrogens (tertiary/aromatic N) is 1. The zero-order valence-corrected chi connectivity index (χ0v) is 5.91. The quantitative estimate of drug-likeness (QED) is 0.614. The number of hydrogen-bond acceptors (Lipinski definition) is 4. The number of rotatable bonds is 2. The highest BCUT2D eigenvalue weighted by Crippen LogP contribution is 2.18. The van der Waals surface area contributed by atoms with Crippen LogP contribution in [0.5, 0.6) is 0 Å². The van der Waals surface area contributed by atoms with Gasteiger partial charge in [-0.25, -0.2) is 4.98 Å². The Morgan fingerprint density at radius 3 is 3.00 bits per heavy atom. The number of nitrogens with one attached hydrogen (secondary N) is 1. The van der Waals surface area contributed by atoms with E-state index in [4.69, 9.17) is 4.42 Å². The highest BCUT2D eigenvalue weighted by Gasteiger charge is 2.23. The first-order valence-corrected chi connectivity index (χ1v) is 3.52. The monoisotopic (exact) mass is 152 g/mol. The van der Waals surface area contributed by atoms with Gasteiger partial charge in [-0.05, 0) is 0 Å². The third kappa shape index (κ3) is 1.05. The van der Waals surface area contributed by atoms with Crippen molar-refractivity contribution in [2.45, 2.75) is 5.92 Å². The predicted molar refractivity (Wildman–Crippen MR) is 37.5 cm³/mol. The molecule has 2 heterocycles. The van der Waals surface area contributed by atoms with Crippen molar-refractivity contribution in [3.05, 3.63) is 17.8 Å². The summed E-state index contributed by atoms with van der Waals surface area (Å²) >= 11 is 0. The maximum atomic E-state index is 10.2. The van der Waals surface area contributed by atoms with Crippen LogP contribution in [0.4, 0.5) is 0 Å². The molecule has 4 nitrogen and oxygen atoms in total. The smallest absolute Gasteiger partial charge is 0.200 e. The van der Waals surface area contributed by atoms with Crippen molar-refractivity contribution in [3.8, 4) is 0 Å². The number of aromatic nitrogens is 1. The molecule has 1 aliphatic rings. The van der Waals surface area contributed by atoms with E-state index >= 15 is 0 Å². The fraction of sp³-hybridized carbons (Fsp3) is 0.429. The first-order valence-electron chi connectivity index (χ1n) is 3.52. The fourth-order valence-corrected chi connectivity index (χ4v) is 1.01. The molecule has 1 aliphatic heterocycles. The Morgan fingerprint density at radius 2 is 2.55 bits per heavy atom. The van der Waals surface area contributed by atoms with Gasteiger partial charge in [0.1, 0.15) is 0 Å².